The van der Waals surface area contributed by atoms with Crippen LogP contribution in [0.4, 0.5) is 10.3 Å². The number of anilines is 1. The van der Waals surface area contributed by atoms with Crippen LogP contribution in [0.5, 0.6) is 0 Å². The Bertz CT molecular complexity index is 1010. The summed E-state index contributed by atoms with van der Waals surface area (Å²) in [6, 6.07) is 5.57. The summed E-state index contributed by atoms with van der Waals surface area (Å²) in [4.78, 5) is 36.6. The highest BCUT2D eigenvalue weighted by molar-refractivity contribution is 6.42. The molecule has 2 atom stereocenters. The van der Waals surface area contributed by atoms with Gasteiger partial charge in [-0.3, -0.25) is 9.59 Å². The quantitative estimate of drug-likeness (QED) is 0.684. The summed E-state index contributed by atoms with van der Waals surface area (Å²) in [5.74, 6) is 0.0707. The average molecular weight is 494 g/mol. The average Bonchev–Trinajstić information content (AvgIpc) is 3.24. The maximum atomic E-state index is 13.3. The fourth-order valence-electron chi connectivity index (χ4n) is 4.70. The standard InChI is InChI=1S/C23H26Cl2FN5O2/c1-14(32)30-6-4-15(5-7-30)22(33)31-12-17(9-27-23-28-10-18(26)11-29-23)19(13-31)16-2-3-20(24)21(25)8-16/h2-3,8,10-11,15,17,19H,4-7,9,12-13H2,1H3,(H,27,28,29)/t17-,19+/m0/s1. The molecule has 2 aliphatic rings. The van der Waals surface area contributed by atoms with Crippen molar-refractivity contribution in [2.75, 3.05) is 38.0 Å². The smallest absolute Gasteiger partial charge is 0.225 e. The molecule has 1 aromatic heterocycles. The number of hydrogen-bond acceptors (Lipinski definition) is 5. The van der Waals surface area contributed by atoms with Gasteiger partial charge in [0.15, 0.2) is 5.82 Å². The van der Waals surface area contributed by atoms with Crippen LogP contribution >= 0.6 is 23.2 Å². The molecule has 0 unspecified atom stereocenters. The van der Waals surface area contributed by atoms with Crippen molar-refractivity contribution < 1.29 is 14.0 Å². The first kappa shape index (κ1) is 23.7. The maximum Gasteiger partial charge on any atom is 0.225 e. The third kappa shape index (κ3) is 5.55. The third-order valence-corrected chi connectivity index (χ3v) is 7.30. The second kappa shape index (κ2) is 10.2. The van der Waals surface area contributed by atoms with E-state index in [0.717, 1.165) is 18.0 Å². The van der Waals surface area contributed by atoms with Crippen LogP contribution in [0.2, 0.25) is 10.0 Å². The number of halogens is 3. The van der Waals surface area contributed by atoms with Crippen LogP contribution in [0.25, 0.3) is 0 Å². The molecule has 2 saturated heterocycles. The van der Waals surface area contributed by atoms with Crippen molar-refractivity contribution in [1.29, 1.82) is 0 Å². The molecule has 1 aromatic carbocycles. The van der Waals surface area contributed by atoms with Crippen molar-refractivity contribution in [2.24, 2.45) is 11.8 Å². The highest BCUT2D eigenvalue weighted by atomic mass is 35.5. The molecule has 176 valence electrons. The Morgan fingerprint density at radius 2 is 1.79 bits per heavy atom. The monoisotopic (exact) mass is 493 g/mol. The van der Waals surface area contributed by atoms with Gasteiger partial charge in [-0.15, -0.1) is 0 Å². The van der Waals surface area contributed by atoms with Crippen molar-refractivity contribution >= 4 is 41.0 Å². The van der Waals surface area contributed by atoms with Crippen molar-refractivity contribution in [3.8, 4) is 0 Å². The summed E-state index contributed by atoms with van der Waals surface area (Å²) in [5.41, 5.74) is 1.01. The van der Waals surface area contributed by atoms with E-state index in [1.54, 1.807) is 17.9 Å². The molecule has 33 heavy (non-hydrogen) atoms. The van der Waals surface area contributed by atoms with E-state index < -0.39 is 5.82 Å². The summed E-state index contributed by atoms with van der Waals surface area (Å²) < 4.78 is 13.1. The largest absolute Gasteiger partial charge is 0.354 e. The van der Waals surface area contributed by atoms with Crippen LogP contribution in [0.3, 0.4) is 0 Å². The molecule has 10 heteroatoms. The Labute approximate surface area is 202 Å². The predicted octanol–water partition coefficient (Wildman–Crippen LogP) is 3.84. The zero-order valence-electron chi connectivity index (χ0n) is 18.3. The lowest BCUT2D eigenvalue weighted by Crippen LogP contribution is -2.43. The van der Waals surface area contributed by atoms with Gasteiger partial charge in [-0.2, -0.15) is 0 Å². The maximum absolute atomic E-state index is 13.3. The van der Waals surface area contributed by atoms with E-state index in [1.165, 1.54) is 0 Å². The Kier molecular flexibility index (Phi) is 7.34. The molecule has 0 spiro atoms. The van der Waals surface area contributed by atoms with E-state index >= 15 is 0 Å². The molecule has 0 aliphatic carbocycles. The fraction of sp³-hybridized carbons (Fsp3) is 0.478. The topological polar surface area (TPSA) is 78.4 Å². The lowest BCUT2D eigenvalue weighted by atomic mass is 9.89. The molecule has 2 amide bonds. The number of carbonyl (C=O) groups is 2. The molecule has 0 bridgehead atoms. The summed E-state index contributed by atoms with van der Waals surface area (Å²) in [6.45, 7) is 4.45. The van der Waals surface area contributed by atoms with Gasteiger partial charge in [-0.25, -0.2) is 14.4 Å². The number of nitrogens with zero attached hydrogens (tertiary/aromatic N) is 4. The molecule has 3 heterocycles. The minimum Gasteiger partial charge on any atom is -0.354 e. The third-order valence-electron chi connectivity index (χ3n) is 6.56. The van der Waals surface area contributed by atoms with Crippen LogP contribution in [0.1, 0.15) is 31.2 Å². The van der Waals surface area contributed by atoms with E-state index in [9.17, 15) is 14.0 Å². The SMILES string of the molecule is CC(=O)N1CCC(C(=O)N2C[C@H](CNc3ncc(F)cn3)[C@@H](c3ccc(Cl)c(Cl)c3)C2)CC1. The van der Waals surface area contributed by atoms with Crippen molar-refractivity contribution in [1.82, 2.24) is 19.8 Å². The second-order valence-electron chi connectivity index (χ2n) is 8.67. The first-order valence-electron chi connectivity index (χ1n) is 11.0. The summed E-state index contributed by atoms with van der Waals surface area (Å²) in [5, 5.41) is 4.13. The fourth-order valence-corrected chi connectivity index (χ4v) is 5.01. The van der Waals surface area contributed by atoms with Gasteiger partial charge in [-0.05, 0) is 30.5 Å². The highest BCUT2D eigenvalue weighted by Crippen LogP contribution is 2.37. The molecular formula is C23H26Cl2FN5O2. The first-order chi connectivity index (χ1) is 15.8. The van der Waals surface area contributed by atoms with Gasteiger partial charge in [0.2, 0.25) is 17.8 Å². The molecule has 2 fully saturated rings. The number of aromatic nitrogens is 2. The van der Waals surface area contributed by atoms with Gasteiger partial charge in [-0.1, -0.05) is 29.3 Å². The van der Waals surface area contributed by atoms with Gasteiger partial charge >= 0.3 is 0 Å². The predicted molar refractivity (Wildman–Crippen MR) is 125 cm³/mol. The van der Waals surface area contributed by atoms with E-state index in [-0.39, 0.29) is 29.6 Å². The van der Waals surface area contributed by atoms with E-state index in [2.05, 4.69) is 15.3 Å². The Hall–Kier alpha value is -2.45. The number of hydrogen-bond donors (Lipinski definition) is 1. The van der Waals surface area contributed by atoms with Crippen LogP contribution < -0.4 is 5.32 Å². The number of rotatable bonds is 5. The minimum absolute atomic E-state index is 0.0500. The van der Waals surface area contributed by atoms with Crippen LogP contribution in [-0.2, 0) is 9.59 Å². The lowest BCUT2D eigenvalue weighted by Gasteiger charge is -2.32. The number of carbonyl (C=O) groups excluding carboxylic acids is 2. The number of amides is 2. The summed E-state index contributed by atoms with van der Waals surface area (Å²) >= 11 is 12.4. The number of benzene rings is 1. The molecular weight excluding hydrogens is 468 g/mol. The van der Waals surface area contributed by atoms with Crippen molar-refractivity contribution in [3.05, 3.63) is 52.0 Å². The molecule has 4 rings (SSSR count). The van der Waals surface area contributed by atoms with Gasteiger partial charge in [0.1, 0.15) is 0 Å². The zero-order chi connectivity index (χ0) is 23.5. The molecule has 0 radical (unpaired) electrons. The normalized spacial score (nSPS) is 21.3. The van der Waals surface area contributed by atoms with Crippen molar-refractivity contribution in [3.63, 3.8) is 0 Å². The van der Waals surface area contributed by atoms with Crippen LogP contribution in [-0.4, -0.2) is 64.3 Å². The first-order valence-corrected chi connectivity index (χ1v) is 11.8. The Balaban J connectivity index is 1.48. The van der Waals surface area contributed by atoms with E-state index in [0.29, 0.717) is 61.6 Å². The lowest BCUT2D eigenvalue weighted by molar-refractivity contribution is -0.139. The highest BCUT2D eigenvalue weighted by Gasteiger charge is 2.39. The number of likely N-dealkylation sites (tertiary alicyclic amines) is 2. The van der Waals surface area contributed by atoms with Gasteiger partial charge in [0.05, 0.1) is 22.4 Å². The summed E-state index contributed by atoms with van der Waals surface area (Å²) in [6.07, 6.45) is 3.59. The Morgan fingerprint density at radius 3 is 2.42 bits per heavy atom. The van der Waals surface area contributed by atoms with Crippen LogP contribution in [0, 0.1) is 17.7 Å². The van der Waals surface area contributed by atoms with E-state index in [1.807, 2.05) is 17.0 Å². The number of nitrogens with one attached hydrogen (secondary N) is 1. The van der Waals surface area contributed by atoms with Crippen molar-refractivity contribution in [2.45, 2.75) is 25.7 Å². The molecule has 0 saturated carbocycles. The zero-order valence-corrected chi connectivity index (χ0v) is 19.8. The molecule has 7 nitrogen and oxygen atoms in total. The van der Waals surface area contributed by atoms with E-state index in [4.69, 9.17) is 23.2 Å². The minimum atomic E-state index is -0.498. The molecule has 2 aromatic rings. The second-order valence-corrected chi connectivity index (χ2v) is 9.48. The Morgan fingerprint density at radius 1 is 1.09 bits per heavy atom. The van der Waals surface area contributed by atoms with Gasteiger partial charge in [0.25, 0.3) is 0 Å². The number of piperidine rings is 1. The van der Waals surface area contributed by atoms with Crippen LogP contribution in [0.15, 0.2) is 30.6 Å². The summed E-state index contributed by atoms with van der Waals surface area (Å²) in [7, 11) is 0. The molecule has 2 aliphatic heterocycles. The van der Waals surface area contributed by atoms with Gasteiger partial charge in [0, 0.05) is 57.4 Å². The molecule has 1 N–H and O–H groups in total. The van der Waals surface area contributed by atoms with Gasteiger partial charge < -0.3 is 15.1 Å².